The molecule has 1 aromatic carbocycles. The summed E-state index contributed by atoms with van der Waals surface area (Å²) in [5.74, 6) is 0. The Bertz CT molecular complexity index is 542. The summed E-state index contributed by atoms with van der Waals surface area (Å²) in [4.78, 5) is 0.246. The van der Waals surface area contributed by atoms with Gasteiger partial charge in [0.2, 0.25) is 10.0 Å². The van der Waals surface area contributed by atoms with Gasteiger partial charge in [-0.1, -0.05) is 6.07 Å². The normalized spacial score (nSPS) is 17.6. The van der Waals surface area contributed by atoms with Gasteiger partial charge in [-0.05, 0) is 46.5 Å². The maximum absolute atomic E-state index is 12.3. The largest absolute Gasteiger partial charge is 0.381 e. The number of halogens is 1. The lowest BCUT2D eigenvalue weighted by atomic mass is 10.1. The highest BCUT2D eigenvalue weighted by Gasteiger charge is 2.23. The number of nitrogens with two attached hydrogens (primary N) is 1. The van der Waals surface area contributed by atoms with Crippen LogP contribution in [0.25, 0.3) is 0 Å². The van der Waals surface area contributed by atoms with Crippen molar-refractivity contribution in [3.05, 3.63) is 28.2 Å². The lowest BCUT2D eigenvalue weighted by Crippen LogP contribution is -2.38. The summed E-state index contributed by atoms with van der Waals surface area (Å²) in [7, 11) is -3.51. The molecule has 0 aromatic heterocycles. The van der Waals surface area contributed by atoms with Gasteiger partial charge in [-0.2, -0.15) is 0 Å². The van der Waals surface area contributed by atoms with Crippen molar-refractivity contribution in [3.63, 3.8) is 0 Å². The third-order valence-corrected chi connectivity index (χ3v) is 5.56. The molecule has 2 rings (SSSR count). The Balaban J connectivity index is 2.18. The van der Waals surface area contributed by atoms with Crippen molar-refractivity contribution < 1.29 is 13.2 Å². The van der Waals surface area contributed by atoms with E-state index in [9.17, 15) is 8.42 Å². The summed E-state index contributed by atoms with van der Waals surface area (Å²) in [6, 6.07) is 4.98. The molecule has 0 bridgehead atoms. The van der Waals surface area contributed by atoms with Crippen LogP contribution in [0.3, 0.4) is 0 Å². The van der Waals surface area contributed by atoms with Gasteiger partial charge >= 0.3 is 0 Å². The minimum absolute atomic E-state index is 0.0557. The molecule has 0 amide bonds. The molecule has 1 fully saturated rings. The Hall–Kier alpha value is -0.470. The van der Waals surface area contributed by atoms with E-state index < -0.39 is 10.0 Å². The second-order valence-electron chi connectivity index (χ2n) is 4.48. The van der Waals surface area contributed by atoms with E-state index in [0.29, 0.717) is 37.1 Å². The van der Waals surface area contributed by atoms with Crippen LogP contribution >= 0.6 is 15.9 Å². The quantitative estimate of drug-likeness (QED) is 0.860. The number of sulfonamides is 1. The van der Waals surface area contributed by atoms with Crippen molar-refractivity contribution in [2.24, 2.45) is 5.73 Å². The standard InChI is InChI=1S/C12H17BrN2O3S/c13-11-7-9(8-14)1-2-12(11)19(16,17)15-10-3-5-18-6-4-10/h1-2,7,10,15H,3-6,8,14H2. The average molecular weight is 349 g/mol. The van der Waals surface area contributed by atoms with Crippen LogP contribution in [-0.4, -0.2) is 27.7 Å². The van der Waals surface area contributed by atoms with Gasteiger partial charge in [-0.15, -0.1) is 0 Å². The zero-order valence-electron chi connectivity index (χ0n) is 10.4. The maximum Gasteiger partial charge on any atom is 0.241 e. The van der Waals surface area contributed by atoms with Crippen LogP contribution in [0, 0.1) is 0 Å². The molecule has 0 saturated carbocycles. The van der Waals surface area contributed by atoms with E-state index in [1.54, 1.807) is 18.2 Å². The Morgan fingerprint density at radius 2 is 2.05 bits per heavy atom. The molecular formula is C12H17BrN2O3S. The van der Waals surface area contributed by atoms with Crippen molar-refractivity contribution in [2.45, 2.75) is 30.3 Å². The van der Waals surface area contributed by atoms with Crippen molar-refractivity contribution in [1.82, 2.24) is 4.72 Å². The SMILES string of the molecule is NCc1ccc(S(=O)(=O)NC2CCOCC2)c(Br)c1. The molecule has 3 N–H and O–H groups in total. The van der Waals surface area contributed by atoms with Gasteiger partial charge in [-0.3, -0.25) is 0 Å². The van der Waals surface area contributed by atoms with Gasteiger partial charge in [0.05, 0.1) is 4.90 Å². The first-order valence-corrected chi connectivity index (χ1v) is 8.39. The third-order valence-electron chi connectivity index (χ3n) is 3.06. The molecule has 5 nitrogen and oxygen atoms in total. The van der Waals surface area contributed by atoms with Gasteiger partial charge in [0.15, 0.2) is 0 Å². The number of rotatable bonds is 4. The number of ether oxygens (including phenoxy) is 1. The van der Waals surface area contributed by atoms with Crippen LogP contribution in [0.1, 0.15) is 18.4 Å². The van der Waals surface area contributed by atoms with Crippen LogP contribution in [0.2, 0.25) is 0 Å². The van der Waals surface area contributed by atoms with E-state index in [4.69, 9.17) is 10.5 Å². The summed E-state index contributed by atoms with van der Waals surface area (Å²) in [6.07, 6.45) is 1.41. The molecule has 1 saturated heterocycles. The fraction of sp³-hybridized carbons (Fsp3) is 0.500. The van der Waals surface area contributed by atoms with Crippen molar-refractivity contribution in [3.8, 4) is 0 Å². The molecule has 1 aliphatic heterocycles. The Labute approximate surface area is 121 Å². The van der Waals surface area contributed by atoms with Crippen molar-refractivity contribution in [1.29, 1.82) is 0 Å². The highest BCUT2D eigenvalue weighted by molar-refractivity contribution is 9.10. The molecule has 1 aromatic rings. The summed E-state index contributed by atoms with van der Waals surface area (Å²) in [6.45, 7) is 1.58. The molecule has 0 aliphatic carbocycles. The molecule has 106 valence electrons. The molecule has 1 heterocycles. The highest BCUT2D eigenvalue weighted by Crippen LogP contribution is 2.24. The first-order valence-electron chi connectivity index (χ1n) is 6.11. The van der Waals surface area contributed by atoms with Gasteiger partial charge in [0.25, 0.3) is 0 Å². The predicted octanol–water partition coefficient (Wildman–Crippen LogP) is 1.37. The fourth-order valence-corrected chi connectivity index (χ4v) is 4.42. The minimum atomic E-state index is -3.51. The zero-order chi connectivity index (χ0) is 13.9. The Morgan fingerprint density at radius 1 is 1.37 bits per heavy atom. The molecule has 19 heavy (non-hydrogen) atoms. The smallest absolute Gasteiger partial charge is 0.241 e. The molecular weight excluding hydrogens is 332 g/mol. The molecule has 1 aliphatic rings. The van der Waals surface area contributed by atoms with Crippen LogP contribution in [0.4, 0.5) is 0 Å². The van der Waals surface area contributed by atoms with Crippen LogP contribution < -0.4 is 10.5 Å². The monoisotopic (exact) mass is 348 g/mol. The minimum Gasteiger partial charge on any atom is -0.381 e. The van der Waals surface area contributed by atoms with E-state index in [1.807, 2.05) is 0 Å². The summed E-state index contributed by atoms with van der Waals surface area (Å²) in [5, 5.41) is 0. The predicted molar refractivity (Wildman–Crippen MR) is 76.2 cm³/mol. The van der Waals surface area contributed by atoms with E-state index in [0.717, 1.165) is 5.56 Å². The average Bonchev–Trinajstić information content (AvgIpc) is 2.38. The van der Waals surface area contributed by atoms with Crippen molar-refractivity contribution in [2.75, 3.05) is 13.2 Å². The Kier molecular flexibility index (Phi) is 4.97. The van der Waals surface area contributed by atoms with Gasteiger partial charge in [0.1, 0.15) is 0 Å². The van der Waals surface area contributed by atoms with Crippen LogP contribution in [0.5, 0.6) is 0 Å². The molecule has 0 spiro atoms. The lowest BCUT2D eigenvalue weighted by molar-refractivity contribution is 0.0832. The summed E-state index contributed by atoms with van der Waals surface area (Å²) >= 11 is 3.29. The number of benzene rings is 1. The topological polar surface area (TPSA) is 81.4 Å². The van der Waals surface area contributed by atoms with E-state index >= 15 is 0 Å². The summed E-state index contributed by atoms with van der Waals surface area (Å²) < 4.78 is 33.1. The first-order chi connectivity index (χ1) is 9.03. The molecule has 0 atom stereocenters. The third kappa shape index (κ3) is 3.76. The second kappa shape index (κ2) is 6.32. The van der Waals surface area contributed by atoms with Crippen molar-refractivity contribution >= 4 is 26.0 Å². The lowest BCUT2D eigenvalue weighted by Gasteiger charge is -2.23. The number of hydrogen-bond donors (Lipinski definition) is 2. The molecule has 7 heteroatoms. The van der Waals surface area contributed by atoms with Crippen LogP contribution in [-0.2, 0) is 21.3 Å². The van der Waals surface area contributed by atoms with Crippen LogP contribution in [0.15, 0.2) is 27.6 Å². The van der Waals surface area contributed by atoms with Gasteiger partial charge in [-0.25, -0.2) is 13.1 Å². The Morgan fingerprint density at radius 3 is 2.63 bits per heavy atom. The van der Waals surface area contributed by atoms with E-state index in [-0.39, 0.29) is 10.9 Å². The van der Waals surface area contributed by atoms with E-state index in [2.05, 4.69) is 20.7 Å². The maximum atomic E-state index is 12.3. The summed E-state index contributed by atoms with van der Waals surface area (Å²) in [5.41, 5.74) is 6.41. The first kappa shape index (κ1) is 14.9. The number of hydrogen-bond acceptors (Lipinski definition) is 4. The second-order valence-corrected chi connectivity index (χ2v) is 7.01. The molecule has 0 unspecified atom stereocenters. The van der Waals surface area contributed by atoms with Gasteiger partial charge in [0, 0.05) is 30.3 Å². The molecule has 0 radical (unpaired) electrons. The number of nitrogens with one attached hydrogen (secondary N) is 1. The zero-order valence-corrected chi connectivity index (χ0v) is 12.8. The van der Waals surface area contributed by atoms with Gasteiger partial charge < -0.3 is 10.5 Å². The van der Waals surface area contributed by atoms with E-state index in [1.165, 1.54) is 0 Å². The highest BCUT2D eigenvalue weighted by atomic mass is 79.9. The fourth-order valence-electron chi connectivity index (χ4n) is 1.99.